The summed E-state index contributed by atoms with van der Waals surface area (Å²) >= 11 is 0. The van der Waals surface area contributed by atoms with E-state index in [1.165, 1.54) is 34.1 Å². The highest BCUT2D eigenvalue weighted by atomic mass is 15.1. The monoisotopic (exact) mass is 261 g/mol. The Labute approximate surface area is 118 Å². The minimum absolute atomic E-state index is 1.08. The van der Waals surface area contributed by atoms with Gasteiger partial charge >= 0.3 is 0 Å². The van der Waals surface area contributed by atoms with E-state index in [4.69, 9.17) is 0 Å². The van der Waals surface area contributed by atoms with E-state index >= 15 is 0 Å². The van der Waals surface area contributed by atoms with Crippen LogP contribution in [0.1, 0.15) is 6.42 Å². The van der Waals surface area contributed by atoms with E-state index in [0.29, 0.717) is 0 Å². The molecule has 0 saturated carbocycles. The van der Waals surface area contributed by atoms with E-state index in [2.05, 4.69) is 70.7 Å². The Morgan fingerprint density at radius 1 is 0.850 bits per heavy atom. The molecule has 0 fully saturated rings. The minimum atomic E-state index is 1.08. The summed E-state index contributed by atoms with van der Waals surface area (Å²) in [6, 6.07) is 19.6. The standard InChI is InChI=1S/C18H16N2/c1-2-5-15-12-16(7-6-14(15)4-1)17-8-9-18-19-10-3-11-20(18)13-17/h1-2,4-9,12-13H,3,10-11H2/p+1. The molecule has 2 heteroatoms. The maximum absolute atomic E-state index is 3.43. The van der Waals surface area contributed by atoms with Crippen molar-refractivity contribution < 1.29 is 4.57 Å². The Balaban J connectivity index is 1.82. The molecule has 0 unspecified atom stereocenters. The van der Waals surface area contributed by atoms with E-state index in [0.717, 1.165) is 13.1 Å². The number of aromatic nitrogens is 1. The number of benzene rings is 2. The highest BCUT2D eigenvalue weighted by Gasteiger charge is 2.15. The van der Waals surface area contributed by atoms with Gasteiger partial charge in [-0.05, 0) is 28.5 Å². The number of aryl methyl sites for hydroxylation is 1. The molecule has 1 N–H and O–H groups in total. The van der Waals surface area contributed by atoms with Crippen LogP contribution >= 0.6 is 0 Å². The van der Waals surface area contributed by atoms with Gasteiger partial charge in [0.1, 0.15) is 0 Å². The third-order valence-electron chi connectivity index (χ3n) is 3.99. The van der Waals surface area contributed by atoms with Gasteiger partial charge in [-0.3, -0.25) is 5.32 Å². The molecule has 2 nitrogen and oxygen atoms in total. The van der Waals surface area contributed by atoms with Crippen LogP contribution in [0.2, 0.25) is 0 Å². The number of hydrogen-bond acceptors (Lipinski definition) is 1. The van der Waals surface area contributed by atoms with Gasteiger partial charge in [0.05, 0.1) is 19.3 Å². The van der Waals surface area contributed by atoms with Crippen molar-refractivity contribution in [3.8, 4) is 11.1 Å². The van der Waals surface area contributed by atoms with Crippen LogP contribution in [0, 0.1) is 0 Å². The highest BCUT2D eigenvalue weighted by Crippen LogP contribution is 2.24. The first kappa shape index (κ1) is 11.5. The molecule has 0 radical (unpaired) electrons. The Hall–Kier alpha value is -2.35. The van der Waals surface area contributed by atoms with Gasteiger partial charge in [0.15, 0.2) is 0 Å². The van der Waals surface area contributed by atoms with Gasteiger partial charge in [-0.15, -0.1) is 0 Å². The molecule has 2 heterocycles. The number of pyridine rings is 1. The van der Waals surface area contributed by atoms with Gasteiger partial charge in [-0.1, -0.05) is 36.4 Å². The summed E-state index contributed by atoms with van der Waals surface area (Å²) in [7, 11) is 0. The molecule has 1 aromatic heterocycles. The lowest BCUT2D eigenvalue weighted by molar-refractivity contribution is -0.686. The zero-order chi connectivity index (χ0) is 13.4. The Morgan fingerprint density at radius 3 is 2.65 bits per heavy atom. The predicted octanol–water partition coefficient (Wildman–Crippen LogP) is 3.61. The first-order valence-corrected chi connectivity index (χ1v) is 7.17. The summed E-state index contributed by atoms with van der Waals surface area (Å²) in [5.74, 6) is 1.22. The minimum Gasteiger partial charge on any atom is -0.274 e. The molecular weight excluding hydrogens is 244 g/mol. The van der Waals surface area contributed by atoms with Gasteiger partial charge < -0.3 is 0 Å². The van der Waals surface area contributed by atoms with Crippen LogP contribution in [0.25, 0.3) is 21.9 Å². The summed E-state index contributed by atoms with van der Waals surface area (Å²) < 4.78 is 2.31. The lowest BCUT2D eigenvalue weighted by Gasteiger charge is -2.13. The van der Waals surface area contributed by atoms with Crippen molar-refractivity contribution in [1.82, 2.24) is 0 Å². The molecule has 0 atom stereocenters. The number of nitrogens with zero attached hydrogens (tertiary/aromatic N) is 1. The lowest BCUT2D eigenvalue weighted by Crippen LogP contribution is -2.41. The Morgan fingerprint density at radius 2 is 1.70 bits per heavy atom. The van der Waals surface area contributed by atoms with Crippen LogP contribution in [-0.2, 0) is 6.54 Å². The van der Waals surface area contributed by atoms with Crippen LogP contribution < -0.4 is 9.88 Å². The molecule has 2 aromatic carbocycles. The molecule has 1 aliphatic rings. The smallest absolute Gasteiger partial charge is 0.274 e. The SMILES string of the molecule is c1ccc2cc(-c3ccc4[n+](c3)CCCN4)ccc2c1. The van der Waals surface area contributed by atoms with E-state index in [-0.39, 0.29) is 0 Å². The molecule has 1 aliphatic heterocycles. The van der Waals surface area contributed by atoms with Crippen molar-refractivity contribution in [3.63, 3.8) is 0 Å². The largest absolute Gasteiger partial charge is 0.274 e. The fraction of sp³-hybridized carbons (Fsp3) is 0.167. The maximum atomic E-state index is 3.43. The van der Waals surface area contributed by atoms with Gasteiger partial charge in [0.25, 0.3) is 5.82 Å². The molecular formula is C18H17N2+. The summed E-state index contributed by atoms with van der Waals surface area (Å²) in [5.41, 5.74) is 2.56. The second-order valence-corrected chi connectivity index (χ2v) is 5.34. The van der Waals surface area contributed by atoms with Gasteiger partial charge in [-0.25, -0.2) is 4.57 Å². The van der Waals surface area contributed by atoms with Crippen LogP contribution in [-0.4, -0.2) is 6.54 Å². The summed E-state index contributed by atoms with van der Waals surface area (Å²) in [4.78, 5) is 0. The quantitative estimate of drug-likeness (QED) is 0.662. The van der Waals surface area contributed by atoms with Crippen LogP contribution in [0.4, 0.5) is 5.82 Å². The van der Waals surface area contributed by atoms with Crippen molar-refractivity contribution in [1.29, 1.82) is 0 Å². The summed E-state index contributed by atoms with van der Waals surface area (Å²) in [5, 5.41) is 6.03. The third-order valence-corrected chi connectivity index (χ3v) is 3.99. The molecule has 0 aliphatic carbocycles. The fourth-order valence-electron chi connectivity index (χ4n) is 2.90. The van der Waals surface area contributed by atoms with E-state index in [9.17, 15) is 0 Å². The molecule has 0 saturated heterocycles. The highest BCUT2D eigenvalue weighted by molar-refractivity contribution is 5.87. The van der Waals surface area contributed by atoms with Crippen molar-refractivity contribution >= 4 is 16.6 Å². The Kier molecular flexibility index (Phi) is 2.66. The Bertz CT molecular complexity index is 777. The van der Waals surface area contributed by atoms with E-state index in [1.54, 1.807) is 0 Å². The number of nitrogens with one attached hydrogen (secondary N) is 1. The van der Waals surface area contributed by atoms with Crippen molar-refractivity contribution in [2.24, 2.45) is 0 Å². The van der Waals surface area contributed by atoms with E-state index < -0.39 is 0 Å². The molecule has 20 heavy (non-hydrogen) atoms. The van der Waals surface area contributed by atoms with Gasteiger partial charge in [-0.2, -0.15) is 0 Å². The predicted molar refractivity (Wildman–Crippen MR) is 82.7 cm³/mol. The van der Waals surface area contributed by atoms with Crippen LogP contribution in [0.3, 0.4) is 0 Å². The van der Waals surface area contributed by atoms with E-state index in [1.807, 2.05) is 0 Å². The zero-order valence-electron chi connectivity index (χ0n) is 11.3. The van der Waals surface area contributed by atoms with Crippen LogP contribution in [0.15, 0.2) is 60.8 Å². The molecule has 0 spiro atoms. The maximum Gasteiger partial charge on any atom is 0.274 e. The molecule has 4 rings (SSSR count). The molecule has 0 amide bonds. The normalized spacial score (nSPS) is 13.8. The second-order valence-electron chi connectivity index (χ2n) is 5.34. The summed E-state index contributed by atoms with van der Waals surface area (Å²) in [6.07, 6.45) is 3.45. The van der Waals surface area contributed by atoms with Gasteiger partial charge in [0, 0.05) is 18.1 Å². The molecule has 98 valence electrons. The van der Waals surface area contributed by atoms with Crippen molar-refractivity contribution in [2.75, 3.05) is 11.9 Å². The molecule has 0 bridgehead atoms. The number of fused-ring (bicyclic) bond motifs is 2. The topological polar surface area (TPSA) is 15.9 Å². The number of anilines is 1. The zero-order valence-corrected chi connectivity index (χ0v) is 11.3. The van der Waals surface area contributed by atoms with Crippen LogP contribution in [0.5, 0.6) is 0 Å². The fourth-order valence-corrected chi connectivity index (χ4v) is 2.90. The third kappa shape index (κ3) is 1.94. The average Bonchev–Trinajstić information content (AvgIpc) is 2.54. The first-order chi connectivity index (χ1) is 9.90. The average molecular weight is 261 g/mol. The summed E-state index contributed by atoms with van der Waals surface area (Å²) in [6.45, 7) is 2.18. The molecule has 3 aromatic rings. The van der Waals surface area contributed by atoms with Crippen molar-refractivity contribution in [2.45, 2.75) is 13.0 Å². The van der Waals surface area contributed by atoms with Gasteiger partial charge in [0.2, 0.25) is 0 Å². The lowest BCUT2D eigenvalue weighted by atomic mass is 10.0. The van der Waals surface area contributed by atoms with Crippen molar-refractivity contribution in [3.05, 3.63) is 60.8 Å². The number of rotatable bonds is 1. The first-order valence-electron chi connectivity index (χ1n) is 7.17. The second kappa shape index (κ2) is 4.64. The number of hydrogen-bond donors (Lipinski definition) is 1.